The third-order valence-electron chi connectivity index (χ3n) is 7.63. The fourth-order valence-corrected chi connectivity index (χ4v) is 7.93. The molecule has 2 saturated heterocycles. The van der Waals surface area contributed by atoms with Crippen molar-refractivity contribution in [3.63, 3.8) is 0 Å². The second kappa shape index (κ2) is 12.2. The summed E-state index contributed by atoms with van der Waals surface area (Å²) in [5, 5.41) is 14.5. The summed E-state index contributed by atoms with van der Waals surface area (Å²) >= 11 is 0. The number of nitrogens with zero attached hydrogens (tertiary/aromatic N) is 2. The molecule has 4 N–H and O–H groups in total. The molecule has 5 rings (SSSR count). The zero-order valence-electron chi connectivity index (χ0n) is 22.9. The van der Waals surface area contributed by atoms with Gasteiger partial charge in [-0.1, -0.05) is 24.3 Å². The number of carbonyl (C=O) groups excluding carboxylic acids is 1. The molecule has 12 nitrogen and oxygen atoms in total. The number of hydrogen-bond donors (Lipinski definition) is 3. The highest BCUT2D eigenvalue weighted by molar-refractivity contribution is 7.92. The maximum atomic E-state index is 13.3. The summed E-state index contributed by atoms with van der Waals surface area (Å²) in [7, 11) is -7.55. The molecule has 0 aliphatic carbocycles. The van der Waals surface area contributed by atoms with Crippen LogP contribution in [0.3, 0.4) is 0 Å². The van der Waals surface area contributed by atoms with Crippen LogP contribution in [0.1, 0.15) is 19.3 Å². The van der Waals surface area contributed by atoms with Crippen LogP contribution in [0.15, 0.2) is 70.6 Å². The number of aromatic nitrogens is 1. The Balaban J connectivity index is 1.08. The summed E-state index contributed by atoms with van der Waals surface area (Å²) in [6, 6.07) is 14.7. The van der Waals surface area contributed by atoms with E-state index in [2.05, 4.69) is 10.3 Å². The monoisotopic (exact) mass is 618 g/mol. The minimum absolute atomic E-state index is 0.0187. The highest BCUT2D eigenvalue weighted by Crippen LogP contribution is 2.37. The molecule has 2 atom stereocenters. The van der Waals surface area contributed by atoms with Crippen molar-refractivity contribution in [2.45, 2.75) is 46.8 Å². The van der Waals surface area contributed by atoms with Crippen LogP contribution in [-0.4, -0.2) is 93.5 Å². The van der Waals surface area contributed by atoms with Crippen molar-refractivity contribution < 1.29 is 36.2 Å². The number of carbonyl (C=O) groups is 1. The fraction of sp³-hybridized carbons (Fsp3) is 0.429. The second-order valence-electron chi connectivity index (χ2n) is 10.7. The number of aliphatic hydroxyl groups is 1. The minimum atomic E-state index is -3.87. The number of benzene rings is 2. The number of rotatable bonds is 11. The highest BCUT2D eigenvalue weighted by Gasteiger charge is 2.44. The lowest BCUT2D eigenvalue weighted by atomic mass is 9.88. The zero-order chi connectivity index (χ0) is 30.0. The predicted octanol–water partition coefficient (Wildman–Crippen LogP) is 0.836. The Morgan fingerprint density at radius 1 is 1.12 bits per heavy atom. The van der Waals surface area contributed by atoms with E-state index < -0.39 is 43.2 Å². The Morgan fingerprint density at radius 2 is 1.88 bits per heavy atom. The topological polar surface area (TPSA) is 178 Å². The quantitative estimate of drug-likeness (QED) is 0.279. The van der Waals surface area contributed by atoms with Crippen LogP contribution in [0.25, 0.3) is 10.9 Å². The van der Waals surface area contributed by atoms with Crippen LogP contribution < -0.4 is 15.8 Å². The zero-order valence-corrected chi connectivity index (χ0v) is 24.5. The van der Waals surface area contributed by atoms with Crippen molar-refractivity contribution in [3.05, 3.63) is 60.8 Å². The number of amides is 1. The molecule has 2 aromatic carbocycles. The normalized spacial score (nSPS) is 20.1. The summed E-state index contributed by atoms with van der Waals surface area (Å²) in [4.78, 5) is 15.4. The molecule has 42 heavy (non-hydrogen) atoms. The van der Waals surface area contributed by atoms with Crippen LogP contribution in [0.4, 0.5) is 0 Å². The van der Waals surface area contributed by atoms with Crippen molar-refractivity contribution in [1.29, 1.82) is 0 Å². The summed E-state index contributed by atoms with van der Waals surface area (Å²) in [6.45, 7) is 1.26. The number of fused-ring (bicyclic) bond motifs is 1. The van der Waals surface area contributed by atoms with Gasteiger partial charge in [-0.25, -0.2) is 16.8 Å². The largest absolute Gasteiger partial charge is 0.491 e. The smallest absolute Gasteiger partial charge is 0.244 e. The van der Waals surface area contributed by atoms with Gasteiger partial charge in [0.2, 0.25) is 15.9 Å². The molecule has 1 amide bonds. The van der Waals surface area contributed by atoms with E-state index >= 15 is 0 Å². The second-order valence-corrected chi connectivity index (χ2v) is 14.7. The summed E-state index contributed by atoms with van der Waals surface area (Å²) in [5.41, 5.74) is 5.33. The van der Waals surface area contributed by atoms with Crippen LogP contribution >= 0.6 is 0 Å². The number of sulfone groups is 1. The Morgan fingerprint density at radius 3 is 2.64 bits per heavy atom. The number of hydrogen-bond acceptors (Lipinski definition) is 10. The average Bonchev–Trinajstić information content (AvgIpc) is 3.36. The first-order valence-corrected chi connectivity index (χ1v) is 16.7. The molecule has 3 aromatic rings. The molecule has 1 aromatic heterocycles. The van der Waals surface area contributed by atoms with E-state index in [9.17, 15) is 26.7 Å². The Labute approximate surface area is 244 Å². The first-order valence-electron chi connectivity index (χ1n) is 13.6. The van der Waals surface area contributed by atoms with Gasteiger partial charge in [0.1, 0.15) is 29.1 Å². The van der Waals surface area contributed by atoms with Gasteiger partial charge in [0, 0.05) is 37.3 Å². The lowest BCUT2D eigenvalue weighted by molar-refractivity contribution is -0.115. The van der Waals surface area contributed by atoms with Gasteiger partial charge in [-0.2, -0.15) is 4.31 Å². The lowest BCUT2D eigenvalue weighted by Crippen LogP contribution is -2.47. The molecule has 226 valence electrons. The van der Waals surface area contributed by atoms with Gasteiger partial charge in [0.15, 0.2) is 9.84 Å². The van der Waals surface area contributed by atoms with Crippen molar-refractivity contribution in [2.24, 2.45) is 5.73 Å². The van der Waals surface area contributed by atoms with E-state index in [0.717, 1.165) is 10.9 Å². The molecule has 2 fully saturated rings. The summed E-state index contributed by atoms with van der Waals surface area (Å²) in [5.74, 6) is -1.51. The minimum Gasteiger partial charge on any atom is -0.491 e. The molecule has 14 heteroatoms. The average molecular weight is 619 g/mol. The summed E-state index contributed by atoms with van der Waals surface area (Å²) < 4.78 is 64.2. The van der Waals surface area contributed by atoms with Gasteiger partial charge >= 0.3 is 0 Å². The number of piperidine rings is 1. The SMILES string of the molecule is NC(=O)CS(=O)(=O)c1cccc(OCC(O)CN[C@H]2COC3(CCN(S(=O)(=O)c4cnc5ccccc5c4)CC3)C2)c1. The van der Waals surface area contributed by atoms with Crippen molar-refractivity contribution in [2.75, 3.05) is 38.6 Å². The van der Waals surface area contributed by atoms with E-state index in [1.807, 2.05) is 24.3 Å². The van der Waals surface area contributed by atoms with Crippen LogP contribution in [0.2, 0.25) is 0 Å². The van der Waals surface area contributed by atoms with Crippen LogP contribution in [0.5, 0.6) is 5.75 Å². The predicted molar refractivity (Wildman–Crippen MR) is 154 cm³/mol. The van der Waals surface area contributed by atoms with Crippen LogP contribution in [0, 0.1) is 0 Å². The molecule has 0 saturated carbocycles. The third kappa shape index (κ3) is 6.90. The standard InChI is InChI=1S/C28H34N4O8S2/c29-27(34)19-41(35,36)24-6-3-5-23(13-24)39-18-22(33)15-30-21-14-28(40-17-21)8-10-32(11-9-28)42(37,38)25-12-20-4-1-2-7-26(20)31-16-25/h1-7,12-13,16,21-22,30,33H,8-11,14-15,17-19H2,(H2,29,34)/t21-,22?/m1/s1. The molecule has 2 aliphatic rings. The molecule has 0 radical (unpaired) electrons. The Bertz CT molecular complexity index is 1660. The van der Waals surface area contributed by atoms with Gasteiger partial charge in [0.25, 0.3) is 0 Å². The van der Waals surface area contributed by atoms with E-state index in [1.54, 1.807) is 12.1 Å². The van der Waals surface area contributed by atoms with Gasteiger partial charge in [-0.05, 0) is 49.6 Å². The number of sulfonamides is 1. The number of nitrogens with one attached hydrogen (secondary N) is 1. The summed E-state index contributed by atoms with van der Waals surface area (Å²) in [6.07, 6.45) is 2.34. The maximum absolute atomic E-state index is 13.3. The van der Waals surface area contributed by atoms with Crippen molar-refractivity contribution in [1.82, 2.24) is 14.6 Å². The Kier molecular flexibility index (Phi) is 8.83. The van der Waals surface area contributed by atoms with Gasteiger partial charge in [0.05, 0.1) is 22.6 Å². The number of para-hydroxylation sites is 1. The van der Waals surface area contributed by atoms with Gasteiger partial charge in [-0.15, -0.1) is 0 Å². The van der Waals surface area contributed by atoms with Crippen LogP contribution in [-0.2, 0) is 29.4 Å². The number of nitrogens with two attached hydrogens (primary N) is 1. The molecule has 0 bridgehead atoms. The van der Waals surface area contributed by atoms with E-state index in [1.165, 1.54) is 28.7 Å². The molecule has 1 unspecified atom stereocenters. The van der Waals surface area contributed by atoms with Gasteiger partial charge < -0.3 is 25.6 Å². The number of primary amides is 1. The van der Waals surface area contributed by atoms with E-state index in [-0.39, 0.29) is 34.7 Å². The van der Waals surface area contributed by atoms with Crippen molar-refractivity contribution in [3.8, 4) is 5.75 Å². The number of ether oxygens (including phenoxy) is 2. The molecule has 1 spiro atoms. The van der Waals surface area contributed by atoms with E-state index in [4.69, 9.17) is 15.2 Å². The highest BCUT2D eigenvalue weighted by atomic mass is 32.2. The lowest BCUT2D eigenvalue weighted by Gasteiger charge is -2.38. The first kappa shape index (κ1) is 30.3. The van der Waals surface area contributed by atoms with Gasteiger partial charge in [-0.3, -0.25) is 9.78 Å². The molecular formula is C28H34N4O8S2. The van der Waals surface area contributed by atoms with E-state index in [0.29, 0.717) is 39.0 Å². The maximum Gasteiger partial charge on any atom is 0.244 e. The van der Waals surface area contributed by atoms with Crippen molar-refractivity contribution >= 4 is 36.7 Å². The fourth-order valence-electron chi connectivity index (χ4n) is 5.38. The molecule has 3 heterocycles. The Hall–Kier alpha value is -3.14. The first-order chi connectivity index (χ1) is 20.0. The molecule has 2 aliphatic heterocycles. The third-order valence-corrected chi connectivity index (χ3v) is 11.1. The number of pyridine rings is 1. The molecular weight excluding hydrogens is 584 g/mol. The number of aliphatic hydroxyl groups excluding tert-OH is 1.